The van der Waals surface area contributed by atoms with E-state index in [-0.39, 0.29) is 4.90 Å². The monoisotopic (exact) mass is 298 g/mol. The summed E-state index contributed by atoms with van der Waals surface area (Å²) in [5, 5.41) is 8.86. The molecule has 0 saturated heterocycles. The van der Waals surface area contributed by atoms with Crippen molar-refractivity contribution in [2.45, 2.75) is 11.4 Å². The summed E-state index contributed by atoms with van der Waals surface area (Å²) in [6.07, 6.45) is 2.85. The minimum absolute atomic E-state index is 0.182. The lowest BCUT2D eigenvalue weighted by Gasteiger charge is -2.25. The molecule has 7 heteroatoms. The van der Waals surface area contributed by atoms with E-state index in [1.165, 1.54) is 12.4 Å². The molecule has 1 aliphatic heterocycles. The molecule has 2 aromatic rings. The summed E-state index contributed by atoms with van der Waals surface area (Å²) in [7, 11) is -3.62. The molecular weight excluding hydrogens is 288 g/mol. The summed E-state index contributed by atoms with van der Waals surface area (Å²) < 4.78 is 27.4. The van der Waals surface area contributed by atoms with Gasteiger partial charge in [-0.15, -0.1) is 4.40 Å². The first kappa shape index (κ1) is 13.3. The number of nitriles is 1. The van der Waals surface area contributed by atoms with Gasteiger partial charge in [0.05, 0.1) is 5.69 Å². The van der Waals surface area contributed by atoms with Crippen molar-refractivity contribution in [1.29, 1.82) is 5.26 Å². The standard InChI is InChI=1S/C14H10N4O2S/c15-8-12-7-11(5-6-16-12)9-18-10-17-21(19,20)14-4-2-1-3-13(14)18/h1-7,10H,9H2. The second-order valence-corrected chi connectivity index (χ2v) is 6.05. The van der Waals surface area contributed by atoms with E-state index < -0.39 is 10.0 Å². The third-order valence-corrected chi connectivity index (χ3v) is 4.34. The number of nitrogens with zero attached hydrogens (tertiary/aromatic N) is 4. The van der Waals surface area contributed by atoms with Crippen molar-refractivity contribution in [3.8, 4) is 6.07 Å². The zero-order chi connectivity index (χ0) is 14.9. The lowest BCUT2D eigenvalue weighted by Crippen LogP contribution is -2.26. The highest BCUT2D eigenvalue weighted by Gasteiger charge is 2.24. The molecule has 1 aromatic heterocycles. The fourth-order valence-corrected chi connectivity index (χ4v) is 3.16. The smallest absolute Gasteiger partial charge is 0.285 e. The highest BCUT2D eigenvalue weighted by molar-refractivity contribution is 7.90. The zero-order valence-corrected chi connectivity index (χ0v) is 11.7. The minimum Gasteiger partial charge on any atom is -0.326 e. The minimum atomic E-state index is -3.62. The van der Waals surface area contributed by atoms with Crippen molar-refractivity contribution in [1.82, 2.24) is 4.98 Å². The Bertz CT molecular complexity index is 869. The van der Waals surface area contributed by atoms with Crippen molar-refractivity contribution in [2.24, 2.45) is 4.40 Å². The molecule has 1 aliphatic rings. The Morgan fingerprint density at radius 1 is 1.24 bits per heavy atom. The first-order chi connectivity index (χ1) is 10.1. The Morgan fingerprint density at radius 2 is 2.05 bits per heavy atom. The molecule has 0 spiro atoms. The van der Waals surface area contributed by atoms with E-state index in [4.69, 9.17) is 5.26 Å². The van der Waals surface area contributed by atoms with Gasteiger partial charge in [-0.1, -0.05) is 12.1 Å². The van der Waals surface area contributed by atoms with Crippen LogP contribution in [0.4, 0.5) is 5.69 Å². The van der Waals surface area contributed by atoms with Gasteiger partial charge in [0.1, 0.15) is 23.0 Å². The van der Waals surface area contributed by atoms with Crippen LogP contribution in [-0.2, 0) is 16.6 Å². The van der Waals surface area contributed by atoms with Crippen LogP contribution < -0.4 is 4.90 Å². The van der Waals surface area contributed by atoms with Crippen LogP contribution in [0.1, 0.15) is 11.3 Å². The second-order valence-electron chi connectivity index (χ2n) is 4.45. The predicted molar refractivity (Wildman–Crippen MR) is 77.3 cm³/mol. The molecule has 21 heavy (non-hydrogen) atoms. The zero-order valence-electron chi connectivity index (χ0n) is 10.8. The average Bonchev–Trinajstić information content (AvgIpc) is 2.51. The molecule has 6 nitrogen and oxygen atoms in total. The first-order valence-electron chi connectivity index (χ1n) is 6.11. The van der Waals surface area contributed by atoms with Crippen molar-refractivity contribution >= 4 is 22.0 Å². The van der Waals surface area contributed by atoms with Crippen LogP contribution in [0, 0.1) is 11.3 Å². The summed E-state index contributed by atoms with van der Waals surface area (Å²) in [6.45, 7) is 0.410. The predicted octanol–water partition coefficient (Wildman–Crippen LogP) is 1.69. The Morgan fingerprint density at radius 3 is 2.86 bits per heavy atom. The molecule has 0 N–H and O–H groups in total. The highest BCUT2D eigenvalue weighted by atomic mass is 32.2. The van der Waals surface area contributed by atoms with Gasteiger partial charge in [-0.3, -0.25) is 0 Å². The van der Waals surface area contributed by atoms with Gasteiger partial charge in [-0.05, 0) is 29.8 Å². The highest BCUT2D eigenvalue weighted by Crippen LogP contribution is 2.30. The molecule has 3 rings (SSSR count). The van der Waals surface area contributed by atoms with Gasteiger partial charge in [0.2, 0.25) is 0 Å². The second kappa shape index (κ2) is 5.00. The van der Waals surface area contributed by atoms with E-state index in [0.29, 0.717) is 17.9 Å². The van der Waals surface area contributed by atoms with Gasteiger partial charge in [0.25, 0.3) is 10.0 Å². The van der Waals surface area contributed by atoms with E-state index in [1.54, 1.807) is 41.4 Å². The van der Waals surface area contributed by atoms with E-state index in [0.717, 1.165) is 5.56 Å². The molecule has 0 bridgehead atoms. The first-order valence-corrected chi connectivity index (χ1v) is 7.55. The Kier molecular flexibility index (Phi) is 3.16. The molecule has 2 heterocycles. The number of rotatable bonds is 2. The number of aromatic nitrogens is 1. The fourth-order valence-electron chi connectivity index (χ4n) is 2.11. The van der Waals surface area contributed by atoms with Crippen LogP contribution in [0.25, 0.3) is 0 Å². The normalized spacial score (nSPS) is 15.3. The van der Waals surface area contributed by atoms with Crippen LogP contribution in [0.2, 0.25) is 0 Å². The maximum atomic E-state index is 11.9. The number of hydrogen-bond donors (Lipinski definition) is 0. The van der Waals surface area contributed by atoms with E-state index in [1.807, 2.05) is 6.07 Å². The topological polar surface area (TPSA) is 86.4 Å². The van der Waals surface area contributed by atoms with Gasteiger partial charge in [0, 0.05) is 12.7 Å². The number of hydrogen-bond acceptors (Lipinski definition) is 5. The number of sulfonamides is 1. The number of anilines is 1. The summed E-state index contributed by atoms with van der Waals surface area (Å²) in [4.78, 5) is 5.82. The molecular formula is C14H10N4O2S. The Hall–Kier alpha value is -2.72. The molecule has 0 amide bonds. The molecule has 0 saturated carbocycles. The third kappa shape index (κ3) is 2.49. The van der Waals surface area contributed by atoms with E-state index in [2.05, 4.69) is 9.38 Å². The van der Waals surface area contributed by atoms with Crippen molar-refractivity contribution < 1.29 is 8.42 Å². The largest absolute Gasteiger partial charge is 0.326 e. The summed E-state index contributed by atoms with van der Waals surface area (Å²) in [5.41, 5.74) is 1.74. The van der Waals surface area contributed by atoms with E-state index in [9.17, 15) is 8.42 Å². The average molecular weight is 298 g/mol. The summed E-state index contributed by atoms with van der Waals surface area (Å²) in [6, 6.07) is 12.1. The van der Waals surface area contributed by atoms with Crippen molar-refractivity contribution in [3.63, 3.8) is 0 Å². The molecule has 0 fully saturated rings. The third-order valence-electron chi connectivity index (χ3n) is 3.07. The SMILES string of the molecule is N#Cc1cc(CN2C=NS(=O)(=O)c3ccccc32)ccn1. The Labute approximate surface area is 122 Å². The van der Waals surface area contributed by atoms with Crippen LogP contribution in [0.5, 0.6) is 0 Å². The fraction of sp³-hybridized carbons (Fsp3) is 0.0714. The van der Waals surface area contributed by atoms with Gasteiger partial charge < -0.3 is 4.90 Å². The lowest BCUT2D eigenvalue weighted by atomic mass is 10.2. The number of para-hydroxylation sites is 1. The molecule has 104 valence electrons. The molecule has 0 radical (unpaired) electrons. The van der Waals surface area contributed by atoms with Crippen LogP contribution in [-0.4, -0.2) is 19.7 Å². The van der Waals surface area contributed by atoms with Gasteiger partial charge in [-0.25, -0.2) is 4.98 Å². The Balaban J connectivity index is 1.99. The van der Waals surface area contributed by atoms with Gasteiger partial charge in [-0.2, -0.15) is 13.7 Å². The maximum absolute atomic E-state index is 11.9. The molecule has 0 atom stereocenters. The molecule has 1 aromatic carbocycles. The maximum Gasteiger partial charge on any atom is 0.285 e. The summed E-state index contributed by atoms with van der Waals surface area (Å²) in [5.74, 6) is 0. The molecule has 0 unspecified atom stereocenters. The van der Waals surface area contributed by atoms with Crippen molar-refractivity contribution in [3.05, 3.63) is 53.9 Å². The number of pyridine rings is 1. The number of fused-ring (bicyclic) bond motifs is 1. The lowest BCUT2D eigenvalue weighted by molar-refractivity contribution is 0.597. The van der Waals surface area contributed by atoms with Gasteiger partial charge >= 0.3 is 0 Å². The van der Waals surface area contributed by atoms with Crippen molar-refractivity contribution in [2.75, 3.05) is 4.90 Å². The quantitative estimate of drug-likeness (QED) is 0.842. The van der Waals surface area contributed by atoms with E-state index >= 15 is 0 Å². The molecule has 0 aliphatic carbocycles. The van der Waals surface area contributed by atoms with Crippen LogP contribution >= 0.6 is 0 Å². The van der Waals surface area contributed by atoms with Crippen LogP contribution in [0.3, 0.4) is 0 Å². The summed E-state index contributed by atoms with van der Waals surface area (Å²) >= 11 is 0. The van der Waals surface area contributed by atoms with Gasteiger partial charge in [0.15, 0.2) is 0 Å². The van der Waals surface area contributed by atoms with Crippen LogP contribution in [0.15, 0.2) is 51.9 Å². The number of benzene rings is 1.